The van der Waals surface area contributed by atoms with Gasteiger partial charge >= 0.3 is 0 Å². The van der Waals surface area contributed by atoms with E-state index in [0.29, 0.717) is 23.6 Å². The molecule has 1 aliphatic rings. The van der Waals surface area contributed by atoms with Crippen LogP contribution in [0.15, 0.2) is 71.3 Å². The minimum Gasteiger partial charge on any atom is -0.467 e. The van der Waals surface area contributed by atoms with E-state index in [-0.39, 0.29) is 18.0 Å². The van der Waals surface area contributed by atoms with Crippen LogP contribution in [0.1, 0.15) is 34.8 Å². The van der Waals surface area contributed by atoms with Crippen LogP contribution in [0.4, 0.5) is 11.4 Å². The summed E-state index contributed by atoms with van der Waals surface area (Å²) in [6.07, 6.45) is 1.26. The highest BCUT2D eigenvalue weighted by atomic mass is 16.3. The van der Waals surface area contributed by atoms with Gasteiger partial charge in [-0.15, -0.1) is 0 Å². The summed E-state index contributed by atoms with van der Waals surface area (Å²) in [4.78, 5) is 26.1. The molecule has 2 aromatic carbocycles. The second kappa shape index (κ2) is 6.99. The van der Waals surface area contributed by atoms with E-state index in [4.69, 9.17) is 4.42 Å². The third-order valence-electron chi connectivity index (χ3n) is 4.48. The molecule has 0 saturated carbocycles. The molecule has 6 heteroatoms. The van der Waals surface area contributed by atoms with Crippen LogP contribution in [-0.4, -0.2) is 16.7 Å². The lowest BCUT2D eigenvalue weighted by atomic mass is 10.0. The van der Waals surface area contributed by atoms with Crippen molar-refractivity contribution in [3.05, 3.63) is 83.8 Å². The molecule has 0 radical (unpaired) electrons. The van der Waals surface area contributed by atoms with Gasteiger partial charge in [0.1, 0.15) is 11.9 Å². The Morgan fingerprint density at radius 2 is 1.89 bits per heavy atom. The SMILES string of the molecule is CC(=O)Nc1ccc([C@H]2Nc3ccccc3C(=O)N2Cc2ccco2)cc1. The molecule has 0 fully saturated rings. The van der Waals surface area contributed by atoms with Gasteiger partial charge in [0.15, 0.2) is 0 Å². The van der Waals surface area contributed by atoms with Crippen LogP contribution in [0.25, 0.3) is 0 Å². The summed E-state index contributed by atoms with van der Waals surface area (Å²) >= 11 is 0. The van der Waals surface area contributed by atoms with Crippen LogP contribution >= 0.6 is 0 Å². The quantitative estimate of drug-likeness (QED) is 0.736. The summed E-state index contributed by atoms with van der Waals surface area (Å²) in [6.45, 7) is 1.82. The maximum atomic E-state index is 13.1. The minimum atomic E-state index is -0.344. The highest BCUT2D eigenvalue weighted by molar-refractivity contribution is 6.01. The molecule has 3 aromatic rings. The number of nitrogens with one attached hydrogen (secondary N) is 2. The number of rotatable bonds is 4. The van der Waals surface area contributed by atoms with E-state index in [2.05, 4.69) is 10.6 Å². The zero-order chi connectivity index (χ0) is 18.8. The number of furan rings is 1. The standard InChI is InChI=1S/C21H19N3O3/c1-14(25)22-16-10-8-15(9-11-16)20-23-19-7-3-2-6-18(19)21(26)24(20)13-17-5-4-12-27-17/h2-12,20,23H,13H2,1H3,(H,22,25)/t20-/m0/s1. The van der Waals surface area contributed by atoms with E-state index in [9.17, 15) is 9.59 Å². The number of amides is 2. The number of carbonyl (C=O) groups excluding carboxylic acids is 2. The van der Waals surface area contributed by atoms with Crippen molar-refractivity contribution in [2.75, 3.05) is 10.6 Å². The topological polar surface area (TPSA) is 74.6 Å². The number of benzene rings is 2. The van der Waals surface area contributed by atoms with Gasteiger partial charge in [0, 0.05) is 18.3 Å². The lowest BCUT2D eigenvalue weighted by Gasteiger charge is -2.37. The molecule has 1 aromatic heterocycles. The van der Waals surface area contributed by atoms with Crippen LogP contribution in [-0.2, 0) is 11.3 Å². The molecule has 6 nitrogen and oxygen atoms in total. The minimum absolute atomic E-state index is 0.0586. The van der Waals surface area contributed by atoms with Crippen molar-refractivity contribution in [1.29, 1.82) is 0 Å². The summed E-state index contributed by atoms with van der Waals surface area (Å²) in [5, 5.41) is 6.19. The van der Waals surface area contributed by atoms with Gasteiger partial charge < -0.3 is 20.0 Å². The Morgan fingerprint density at radius 3 is 2.59 bits per heavy atom. The first-order valence-electron chi connectivity index (χ1n) is 8.68. The van der Waals surface area contributed by atoms with Gasteiger partial charge in [0.25, 0.3) is 5.91 Å². The largest absolute Gasteiger partial charge is 0.467 e. The Balaban J connectivity index is 1.69. The van der Waals surface area contributed by atoms with Crippen molar-refractivity contribution in [1.82, 2.24) is 4.90 Å². The number of fused-ring (bicyclic) bond motifs is 1. The smallest absolute Gasteiger partial charge is 0.258 e. The number of para-hydroxylation sites is 1. The first-order chi connectivity index (χ1) is 13.1. The molecular weight excluding hydrogens is 342 g/mol. The molecule has 0 unspecified atom stereocenters. The number of hydrogen-bond donors (Lipinski definition) is 2. The van der Waals surface area contributed by atoms with Crippen molar-refractivity contribution in [3.63, 3.8) is 0 Å². The predicted octanol–water partition coefficient (Wildman–Crippen LogP) is 4.00. The predicted molar refractivity (Wildman–Crippen MR) is 102 cm³/mol. The Hall–Kier alpha value is -3.54. The third-order valence-corrected chi connectivity index (χ3v) is 4.48. The van der Waals surface area contributed by atoms with Crippen molar-refractivity contribution >= 4 is 23.2 Å². The molecule has 0 bridgehead atoms. The van der Waals surface area contributed by atoms with Crippen LogP contribution in [0.5, 0.6) is 0 Å². The highest BCUT2D eigenvalue weighted by Crippen LogP contribution is 2.34. The molecule has 0 spiro atoms. The Labute approximate surface area is 156 Å². The first kappa shape index (κ1) is 16.9. The van der Waals surface area contributed by atoms with Gasteiger partial charge in [0.05, 0.1) is 18.4 Å². The third kappa shape index (κ3) is 3.42. The maximum Gasteiger partial charge on any atom is 0.258 e. The van der Waals surface area contributed by atoms with Crippen LogP contribution in [0.3, 0.4) is 0 Å². The van der Waals surface area contributed by atoms with Crippen molar-refractivity contribution < 1.29 is 14.0 Å². The van der Waals surface area contributed by atoms with Gasteiger partial charge in [0.2, 0.25) is 5.91 Å². The summed E-state index contributed by atoms with van der Waals surface area (Å²) in [7, 11) is 0. The molecule has 2 N–H and O–H groups in total. The first-order valence-corrected chi connectivity index (χ1v) is 8.68. The molecular formula is C21H19N3O3. The Kier molecular flexibility index (Phi) is 4.38. The Morgan fingerprint density at radius 1 is 1.11 bits per heavy atom. The van der Waals surface area contributed by atoms with Crippen LogP contribution in [0.2, 0.25) is 0 Å². The van der Waals surface area contributed by atoms with Crippen LogP contribution < -0.4 is 10.6 Å². The van der Waals surface area contributed by atoms with Crippen LogP contribution in [0, 0.1) is 0 Å². The van der Waals surface area contributed by atoms with E-state index in [1.54, 1.807) is 11.2 Å². The molecule has 4 rings (SSSR count). The molecule has 27 heavy (non-hydrogen) atoms. The highest BCUT2D eigenvalue weighted by Gasteiger charge is 2.33. The summed E-state index contributed by atoms with van der Waals surface area (Å²) in [5.41, 5.74) is 3.06. The summed E-state index contributed by atoms with van der Waals surface area (Å²) in [5.74, 6) is 0.531. The fourth-order valence-electron chi connectivity index (χ4n) is 3.24. The van der Waals surface area contributed by atoms with E-state index in [1.807, 2.05) is 60.7 Å². The zero-order valence-electron chi connectivity index (χ0n) is 14.8. The van der Waals surface area contributed by atoms with E-state index < -0.39 is 0 Å². The second-order valence-electron chi connectivity index (χ2n) is 6.41. The summed E-state index contributed by atoms with van der Waals surface area (Å²) < 4.78 is 5.45. The van der Waals surface area contributed by atoms with Crippen molar-refractivity contribution in [2.24, 2.45) is 0 Å². The average molecular weight is 361 g/mol. The molecule has 1 aliphatic heterocycles. The van der Waals surface area contributed by atoms with Crippen molar-refractivity contribution in [2.45, 2.75) is 19.6 Å². The molecule has 2 heterocycles. The van der Waals surface area contributed by atoms with E-state index in [0.717, 1.165) is 11.3 Å². The van der Waals surface area contributed by atoms with Gasteiger partial charge in [-0.2, -0.15) is 0 Å². The number of nitrogens with zero attached hydrogens (tertiary/aromatic N) is 1. The normalized spacial score (nSPS) is 15.8. The molecule has 0 saturated heterocycles. The fourth-order valence-corrected chi connectivity index (χ4v) is 3.24. The van der Waals surface area contributed by atoms with Gasteiger partial charge in [-0.1, -0.05) is 24.3 Å². The van der Waals surface area contributed by atoms with E-state index >= 15 is 0 Å². The summed E-state index contributed by atoms with van der Waals surface area (Å²) in [6, 6.07) is 18.6. The number of hydrogen-bond acceptors (Lipinski definition) is 4. The molecule has 136 valence electrons. The molecule has 0 aliphatic carbocycles. The molecule has 1 atom stereocenters. The number of anilines is 2. The van der Waals surface area contributed by atoms with Crippen molar-refractivity contribution in [3.8, 4) is 0 Å². The second-order valence-corrected chi connectivity index (χ2v) is 6.41. The Bertz CT molecular complexity index is 965. The monoisotopic (exact) mass is 361 g/mol. The zero-order valence-corrected chi connectivity index (χ0v) is 14.8. The van der Waals surface area contributed by atoms with Gasteiger partial charge in [-0.05, 0) is 42.0 Å². The lowest BCUT2D eigenvalue weighted by Crippen LogP contribution is -2.42. The van der Waals surface area contributed by atoms with Gasteiger partial charge in [-0.25, -0.2) is 0 Å². The van der Waals surface area contributed by atoms with E-state index in [1.165, 1.54) is 6.92 Å². The molecule has 2 amide bonds. The maximum absolute atomic E-state index is 13.1. The van der Waals surface area contributed by atoms with Gasteiger partial charge in [-0.3, -0.25) is 9.59 Å². The fraction of sp³-hybridized carbons (Fsp3) is 0.143. The lowest BCUT2D eigenvalue weighted by molar-refractivity contribution is -0.114. The number of carbonyl (C=O) groups is 2. The average Bonchev–Trinajstić information content (AvgIpc) is 3.17.